The van der Waals surface area contributed by atoms with E-state index in [0.717, 1.165) is 22.3 Å². The van der Waals surface area contributed by atoms with Crippen LogP contribution in [0.3, 0.4) is 0 Å². The fourth-order valence-corrected chi connectivity index (χ4v) is 3.85. The highest BCUT2D eigenvalue weighted by molar-refractivity contribution is 7.18. The highest BCUT2D eigenvalue weighted by Crippen LogP contribution is 2.30. The molecule has 0 bridgehead atoms. The molecular weight excluding hydrogens is 458 g/mol. The first-order valence-corrected chi connectivity index (χ1v) is 10.7. The van der Waals surface area contributed by atoms with Crippen LogP contribution in [0, 0.1) is 13.8 Å². The minimum absolute atomic E-state index is 0.206. The second kappa shape index (κ2) is 9.94. The van der Waals surface area contributed by atoms with Crippen LogP contribution in [-0.2, 0) is 16.1 Å². The fraction of sp³-hybridized carbons (Fsp3) is 0.136. The Morgan fingerprint density at radius 1 is 1.18 bits per heavy atom. The molecule has 11 nitrogen and oxygen atoms in total. The van der Waals surface area contributed by atoms with Gasteiger partial charge in [0.25, 0.3) is 5.91 Å². The van der Waals surface area contributed by atoms with Crippen molar-refractivity contribution in [3.63, 3.8) is 0 Å². The maximum atomic E-state index is 12.5. The fourth-order valence-electron chi connectivity index (χ4n) is 3.11. The number of aliphatic imine (C=N–C) groups is 1. The third-order valence-corrected chi connectivity index (χ3v) is 5.79. The van der Waals surface area contributed by atoms with Crippen LogP contribution >= 0.6 is 11.3 Å². The quantitative estimate of drug-likeness (QED) is 0.441. The maximum Gasteiger partial charge on any atom is 0.373 e. The van der Waals surface area contributed by atoms with Gasteiger partial charge in [-0.05, 0) is 32.0 Å². The summed E-state index contributed by atoms with van der Waals surface area (Å²) in [5.74, 6) is 0.548. The number of nitrogens with zero attached hydrogens (tertiary/aromatic N) is 5. The van der Waals surface area contributed by atoms with Crippen molar-refractivity contribution in [2.24, 2.45) is 4.99 Å². The van der Waals surface area contributed by atoms with Gasteiger partial charge >= 0.3 is 6.15 Å². The van der Waals surface area contributed by atoms with E-state index in [-0.39, 0.29) is 17.8 Å². The van der Waals surface area contributed by atoms with E-state index < -0.39 is 0 Å². The molecule has 0 radical (unpaired) electrons. The molecule has 4 aromatic rings. The number of nitrogens with one attached hydrogen (secondary N) is 2. The molecule has 1 aliphatic heterocycles. The third kappa shape index (κ3) is 4.93. The van der Waals surface area contributed by atoms with Crippen molar-refractivity contribution < 1.29 is 18.9 Å². The normalized spacial score (nSPS) is 11.2. The van der Waals surface area contributed by atoms with Gasteiger partial charge in [0.15, 0.2) is 0 Å². The van der Waals surface area contributed by atoms with Gasteiger partial charge in [0.05, 0.1) is 12.2 Å². The van der Waals surface area contributed by atoms with E-state index in [0.29, 0.717) is 33.9 Å². The van der Waals surface area contributed by atoms with Crippen LogP contribution in [0.4, 0.5) is 16.6 Å². The molecule has 1 aromatic carbocycles. The number of rotatable bonds is 5. The molecule has 0 aliphatic carbocycles. The van der Waals surface area contributed by atoms with Crippen LogP contribution in [0.5, 0.6) is 0 Å². The summed E-state index contributed by atoms with van der Waals surface area (Å²) in [4.78, 5) is 37.4. The maximum absolute atomic E-state index is 12.5. The average molecular weight is 475 g/mol. The van der Waals surface area contributed by atoms with E-state index in [9.17, 15) is 4.79 Å². The smallest absolute Gasteiger partial charge is 0.350 e. The Bertz CT molecular complexity index is 1420. The van der Waals surface area contributed by atoms with Crippen molar-refractivity contribution in [1.82, 2.24) is 20.3 Å². The van der Waals surface area contributed by atoms with Crippen molar-refractivity contribution in [2.75, 3.05) is 10.6 Å². The number of pyridine rings is 1. The predicted octanol–water partition coefficient (Wildman–Crippen LogP) is 3.55. The second-order valence-corrected chi connectivity index (χ2v) is 8.09. The molecular formula is C22H17N7O4S. The first-order valence-electron chi connectivity index (χ1n) is 9.91. The number of carbonyl (C=O) groups is 1. The van der Waals surface area contributed by atoms with E-state index in [1.165, 1.54) is 11.3 Å². The predicted molar refractivity (Wildman–Crippen MR) is 123 cm³/mol. The molecule has 0 atom stereocenters. The number of hydrogen-bond acceptors (Lipinski definition) is 11. The highest BCUT2D eigenvalue weighted by atomic mass is 32.1. The number of benzene rings is 1. The minimum atomic E-state index is -0.346. The Kier molecular flexibility index (Phi) is 6.62. The van der Waals surface area contributed by atoms with E-state index in [1.54, 1.807) is 19.9 Å². The van der Waals surface area contributed by atoms with Gasteiger partial charge in [-0.25, -0.2) is 4.98 Å². The van der Waals surface area contributed by atoms with Crippen LogP contribution in [0.1, 0.15) is 32.9 Å². The number of anilines is 3. The lowest BCUT2D eigenvalue weighted by molar-refractivity contribution is -0.191. The molecule has 170 valence electrons. The zero-order valence-corrected chi connectivity index (χ0v) is 18.8. The highest BCUT2D eigenvalue weighted by Gasteiger charge is 2.17. The van der Waals surface area contributed by atoms with Gasteiger partial charge in [-0.2, -0.15) is 9.59 Å². The molecule has 0 fully saturated rings. The van der Waals surface area contributed by atoms with Crippen LogP contribution in [0.2, 0.25) is 0 Å². The molecule has 1 amide bonds. The molecule has 0 saturated carbocycles. The zero-order chi connectivity index (χ0) is 24.1. The third-order valence-electron chi connectivity index (χ3n) is 4.91. The average Bonchev–Trinajstić information content (AvgIpc) is 3.55. The van der Waals surface area contributed by atoms with Crippen molar-refractivity contribution in [2.45, 2.75) is 20.4 Å². The topological polar surface area (TPSA) is 152 Å². The number of carbonyl (C=O) groups excluding carboxylic acids is 3. The Morgan fingerprint density at radius 2 is 2.00 bits per heavy atom. The molecule has 34 heavy (non-hydrogen) atoms. The summed E-state index contributed by atoms with van der Waals surface area (Å²) < 4.78 is 5.13. The molecule has 0 unspecified atom stereocenters. The van der Waals surface area contributed by atoms with E-state index in [4.69, 9.17) is 14.1 Å². The summed E-state index contributed by atoms with van der Waals surface area (Å²) in [6.45, 7) is 4.27. The molecule has 3 aromatic heterocycles. The zero-order valence-electron chi connectivity index (χ0n) is 18.0. The van der Waals surface area contributed by atoms with Crippen LogP contribution in [0.15, 0.2) is 46.0 Å². The van der Waals surface area contributed by atoms with Gasteiger partial charge in [-0.1, -0.05) is 28.6 Å². The van der Waals surface area contributed by atoms with Crippen LogP contribution in [-0.4, -0.2) is 38.6 Å². The van der Waals surface area contributed by atoms with Gasteiger partial charge in [0.2, 0.25) is 10.9 Å². The molecule has 0 spiro atoms. The Hall–Kier alpha value is -4.54. The van der Waals surface area contributed by atoms with Gasteiger partial charge in [-0.3, -0.25) is 9.79 Å². The van der Waals surface area contributed by atoms with Crippen molar-refractivity contribution >= 4 is 46.2 Å². The summed E-state index contributed by atoms with van der Waals surface area (Å²) >= 11 is 1.40. The Morgan fingerprint density at radius 3 is 2.76 bits per heavy atom. The Balaban J connectivity index is 0.000000868. The summed E-state index contributed by atoms with van der Waals surface area (Å²) in [6.07, 6.45) is 3.91. The number of aryl methyl sites for hydroxylation is 1. The first-order chi connectivity index (χ1) is 16.5. The van der Waals surface area contributed by atoms with Gasteiger partial charge in [0, 0.05) is 40.4 Å². The summed E-state index contributed by atoms with van der Waals surface area (Å²) in [5, 5.41) is 19.7. The van der Waals surface area contributed by atoms with Crippen molar-refractivity contribution in [3.8, 4) is 10.6 Å². The van der Waals surface area contributed by atoms with Gasteiger partial charge in [-0.15, -0.1) is 10.2 Å². The van der Waals surface area contributed by atoms with Crippen LogP contribution < -0.4 is 10.6 Å². The van der Waals surface area contributed by atoms with Crippen molar-refractivity contribution in [3.05, 3.63) is 64.7 Å². The van der Waals surface area contributed by atoms with E-state index in [1.807, 2.05) is 36.7 Å². The molecule has 12 heteroatoms. The molecule has 1 aliphatic rings. The van der Waals surface area contributed by atoms with E-state index >= 15 is 0 Å². The standard InChI is InChI=1S/C21H17N7O2S.CO2/c1-11-12(2)28-30-18(11)19(29)24-16-5-3-4-13(6-16)20-26-27-21(31-20)25-17-7-14-8-22-9-15(14)10-23-17;2-1-3/h3-8,10H,9H2,1-2H3,(H,24,29)(H,23,25,27);. The lowest BCUT2D eigenvalue weighted by atomic mass is 10.2. The summed E-state index contributed by atoms with van der Waals surface area (Å²) in [5.41, 5.74) is 5.04. The number of hydrogen-bond donors (Lipinski definition) is 2. The molecule has 0 saturated heterocycles. The van der Waals surface area contributed by atoms with Crippen LogP contribution in [0.25, 0.3) is 10.6 Å². The lowest BCUT2D eigenvalue weighted by Gasteiger charge is -2.05. The number of amides is 1. The second-order valence-electron chi connectivity index (χ2n) is 7.12. The lowest BCUT2D eigenvalue weighted by Crippen LogP contribution is -2.12. The monoisotopic (exact) mass is 475 g/mol. The van der Waals surface area contributed by atoms with Gasteiger partial charge in [0.1, 0.15) is 10.8 Å². The minimum Gasteiger partial charge on any atom is -0.350 e. The summed E-state index contributed by atoms with van der Waals surface area (Å²) in [7, 11) is 0. The molecule has 2 N–H and O–H groups in total. The number of aromatic nitrogens is 4. The SMILES string of the molecule is Cc1noc(C(=O)Nc2cccc(-c3nnc(Nc4cc5c(cn4)CN=C5)s3)c2)c1C.O=C=O. The number of fused-ring (bicyclic) bond motifs is 1. The molecule has 4 heterocycles. The van der Waals surface area contributed by atoms with Crippen molar-refractivity contribution in [1.29, 1.82) is 0 Å². The largest absolute Gasteiger partial charge is 0.373 e. The Labute approximate surface area is 197 Å². The van der Waals surface area contributed by atoms with E-state index in [2.05, 4.69) is 36.0 Å². The molecule has 5 rings (SSSR count). The first kappa shape index (κ1) is 22.6. The van der Waals surface area contributed by atoms with Gasteiger partial charge < -0.3 is 15.2 Å². The summed E-state index contributed by atoms with van der Waals surface area (Å²) in [6, 6.07) is 9.34.